The van der Waals surface area contributed by atoms with E-state index in [1.807, 2.05) is 0 Å². The minimum Gasteiger partial charge on any atom is -0.493 e. The monoisotopic (exact) mass is 372 g/mol. The molecule has 0 unspecified atom stereocenters. The third-order valence-corrected chi connectivity index (χ3v) is 3.41. The average molecular weight is 372 g/mol. The van der Waals surface area contributed by atoms with E-state index in [-0.39, 0.29) is 17.8 Å². The molecule has 0 heterocycles. The molecular weight excluding hydrogens is 356 g/mol. The smallest absolute Gasteiger partial charge is 0.270 e. The molecule has 0 bridgehead atoms. The van der Waals surface area contributed by atoms with E-state index in [1.54, 1.807) is 6.92 Å². The lowest BCUT2D eigenvalue weighted by Gasteiger charge is -2.06. The largest absolute Gasteiger partial charge is 0.493 e. The summed E-state index contributed by atoms with van der Waals surface area (Å²) in [4.78, 5) is 32.3. The maximum atomic E-state index is 11.9. The Morgan fingerprint density at radius 1 is 1.11 bits per heavy atom. The molecule has 27 heavy (non-hydrogen) atoms. The first kappa shape index (κ1) is 19.5. The van der Waals surface area contributed by atoms with E-state index < -0.39 is 15.8 Å². The summed E-state index contributed by atoms with van der Waals surface area (Å²) >= 11 is 0. The predicted octanol–water partition coefficient (Wildman–Crippen LogP) is 2.59. The topological polar surface area (TPSA) is 137 Å². The molecule has 140 valence electrons. The number of amides is 1. The van der Waals surface area contributed by atoms with Gasteiger partial charge in [0.15, 0.2) is 0 Å². The molecule has 0 aromatic heterocycles. The average Bonchev–Trinajstić information content (AvgIpc) is 2.63. The first-order valence-corrected chi connectivity index (χ1v) is 7.87. The molecule has 2 aromatic rings. The number of nitro benzene ring substituents is 2. The number of carbonyl (C=O) groups is 1. The van der Waals surface area contributed by atoms with E-state index in [9.17, 15) is 25.0 Å². The van der Waals surface area contributed by atoms with Crippen molar-refractivity contribution >= 4 is 23.5 Å². The second-order valence-corrected chi connectivity index (χ2v) is 5.31. The highest BCUT2D eigenvalue weighted by atomic mass is 16.6. The highest BCUT2D eigenvalue weighted by molar-refractivity contribution is 5.86. The van der Waals surface area contributed by atoms with Gasteiger partial charge in [0.2, 0.25) is 5.91 Å². The lowest BCUT2D eigenvalue weighted by Crippen LogP contribution is -2.19. The van der Waals surface area contributed by atoms with Crippen LogP contribution in [-0.4, -0.2) is 28.6 Å². The number of carbonyl (C=O) groups excluding carboxylic acids is 1. The van der Waals surface area contributed by atoms with Crippen molar-refractivity contribution in [3.05, 3.63) is 73.8 Å². The highest BCUT2D eigenvalue weighted by Gasteiger charge is 2.11. The van der Waals surface area contributed by atoms with Crippen LogP contribution >= 0.6 is 0 Å². The van der Waals surface area contributed by atoms with Crippen molar-refractivity contribution in [1.29, 1.82) is 0 Å². The molecule has 0 aliphatic carbocycles. The van der Waals surface area contributed by atoms with Gasteiger partial charge >= 0.3 is 0 Å². The maximum Gasteiger partial charge on any atom is 0.270 e. The Bertz CT molecular complexity index is 879. The number of nitrogens with one attached hydrogen (secondary N) is 1. The minimum atomic E-state index is -0.541. The summed E-state index contributed by atoms with van der Waals surface area (Å²) in [6.45, 7) is 2.14. The molecule has 0 aliphatic rings. The quantitative estimate of drug-likeness (QED) is 0.429. The molecule has 0 radical (unpaired) electrons. The van der Waals surface area contributed by atoms with Gasteiger partial charge in [-0.15, -0.1) is 0 Å². The summed E-state index contributed by atoms with van der Waals surface area (Å²) in [5.41, 5.74) is 3.05. The SMILES string of the molecule is CCOc1ccc([N+](=O)[O-])cc1/C=N\NC(=O)Cc1ccc([N+](=O)[O-])cc1. The molecule has 1 amide bonds. The van der Waals surface area contributed by atoms with E-state index in [0.717, 1.165) is 0 Å². The molecule has 0 atom stereocenters. The van der Waals surface area contributed by atoms with E-state index >= 15 is 0 Å². The van der Waals surface area contributed by atoms with Crippen LogP contribution in [0.25, 0.3) is 0 Å². The van der Waals surface area contributed by atoms with Crippen LogP contribution in [0.3, 0.4) is 0 Å². The van der Waals surface area contributed by atoms with Crippen molar-refractivity contribution in [2.24, 2.45) is 5.10 Å². The molecule has 0 saturated heterocycles. The van der Waals surface area contributed by atoms with Crippen LogP contribution in [-0.2, 0) is 11.2 Å². The summed E-state index contributed by atoms with van der Waals surface area (Å²) in [5.74, 6) is -0.0417. The number of non-ortho nitro benzene ring substituents is 2. The fraction of sp³-hybridized carbons (Fsp3) is 0.176. The highest BCUT2D eigenvalue weighted by Crippen LogP contribution is 2.22. The van der Waals surface area contributed by atoms with Crippen LogP contribution in [0.5, 0.6) is 5.75 Å². The van der Waals surface area contributed by atoms with Crippen LogP contribution in [0.1, 0.15) is 18.1 Å². The Morgan fingerprint density at radius 3 is 2.33 bits per heavy atom. The summed E-state index contributed by atoms with van der Waals surface area (Å²) in [7, 11) is 0. The number of benzene rings is 2. The zero-order valence-electron chi connectivity index (χ0n) is 14.3. The number of nitrogens with zero attached hydrogens (tertiary/aromatic N) is 3. The number of nitro groups is 2. The number of hydrazone groups is 1. The molecule has 2 rings (SSSR count). The van der Waals surface area contributed by atoms with Crippen molar-refractivity contribution in [2.75, 3.05) is 6.61 Å². The first-order chi connectivity index (χ1) is 12.9. The molecule has 2 aromatic carbocycles. The van der Waals surface area contributed by atoms with Crippen molar-refractivity contribution in [3.63, 3.8) is 0 Å². The van der Waals surface area contributed by atoms with Crippen molar-refractivity contribution < 1.29 is 19.4 Å². The van der Waals surface area contributed by atoms with Gasteiger partial charge in [-0.3, -0.25) is 25.0 Å². The molecule has 0 saturated carbocycles. The van der Waals surface area contributed by atoms with Crippen LogP contribution < -0.4 is 10.2 Å². The predicted molar refractivity (Wildman–Crippen MR) is 96.8 cm³/mol. The fourth-order valence-electron chi connectivity index (χ4n) is 2.17. The van der Waals surface area contributed by atoms with Crippen LogP contribution in [0.4, 0.5) is 11.4 Å². The second kappa shape index (κ2) is 9.04. The minimum absolute atomic E-state index is 0.0252. The summed E-state index contributed by atoms with van der Waals surface area (Å²) in [6.07, 6.45) is 1.23. The molecule has 0 spiro atoms. The Morgan fingerprint density at radius 2 is 1.74 bits per heavy atom. The fourth-order valence-corrected chi connectivity index (χ4v) is 2.17. The second-order valence-electron chi connectivity index (χ2n) is 5.31. The Hall–Kier alpha value is -3.82. The van der Waals surface area contributed by atoms with E-state index in [2.05, 4.69) is 10.5 Å². The number of hydrogen-bond donors (Lipinski definition) is 1. The molecule has 10 heteroatoms. The first-order valence-electron chi connectivity index (χ1n) is 7.87. The van der Waals surface area contributed by atoms with Gasteiger partial charge < -0.3 is 4.74 Å². The van der Waals surface area contributed by atoms with Gasteiger partial charge in [-0.1, -0.05) is 12.1 Å². The third-order valence-electron chi connectivity index (χ3n) is 3.41. The van der Waals surface area contributed by atoms with E-state index in [0.29, 0.717) is 23.5 Å². The lowest BCUT2D eigenvalue weighted by molar-refractivity contribution is -0.385. The summed E-state index contributed by atoms with van der Waals surface area (Å²) in [5, 5.41) is 25.3. The zero-order chi connectivity index (χ0) is 19.8. The van der Waals surface area contributed by atoms with Gasteiger partial charge in [0.25, 0.3) is 11.4 Å². The molecular formula is C17H16N4O6. The van der Waals surface area contributed by atoms with Gasteiger partial charge in [-0.25, -0.2) is 5.43 Å². The van der Waals surface area contributed by atoms with E-state index in [4.69, 9.17) is 4.74 Å². The molecule has 10 nitrogen and oxygen atoms in total. The van der Waals surface area contributed by atoms with Crippen LogP contribution in [0, 0.1) is 20.2 Å². The van der Waals surface area contributed by atoms with Gasteiger partial charge in [0.05, 0.1) is 29.1 Å². The Kier molecular flexibility index (Phi) is 6.53. The van der Waals surface area contributed by atoms with Crippen LogP contribution in [0.15, 0.2) is 47.6 Å². The molecule has 0 aliphatic heterocycles. The lowest BCUT2D eigenvalue weighted by atomic mass is 10.1. The van der Waals surface area contributed by atoms with Gasteiger partial charge in [-0.2, -0.15) is 5.10 Å². The Labute approximate surface area is 153 Å². The van der Waals surface area contributed by atoms with Crippen LogP contribution in [0.2, 0.25) is 0 Å². The normalized spacial score (nSPS) is 10.6. The summed E-state index contributed by atoms with van der Waals surface area (Å²) in [6, 6.07) is 9.64. The number of rotatable bonds is 8. The van der Waals surface area contributed by atoms with Crippen molar-refractivity contribution in [1.82, 2.24) is 5.43 Å². The number of hydrogen-bond acceptors (Lipinski definition) is 7. The molecule has 0 fully saturated rings. The van der Waals surface area contributed by atoms with Gasteiger partial charge in [0, 0.05) is 29.8 Å². The van der Waals surface area contributed by atoms with Gasteiger partial charge in [0.1, 0.15) is 5.75 Å². The number of ether oxygens (including phenoxy) is 1. The third kappa shape index (κ3) is 5.59. The molecule has 1 N–H and O–H groups in total. The standard InChI is InChI=1S/C17H16N4O6/c1-2-27-16-8-7-15(21(25)26)10-13(16)11-18-19-17(22)9-12-3-5-14(6-4-12)20(23)24/h3-8,10-11H,2,9H2,1H3,(H,19,22)/b18-11-. The zero-order valence-corrected chi connectivity index (χ0v) is 14.3. The Balaban J connectivity index is 2.03. The van der Waals surface area contributed by atoms with Crippen molar-refractivity contribution in [3.8, 4) is 5.75 Å². The maximum absolute atomic E-state index is 11.9. The van der Waals surface area contributed by atoms with E-state index in [1.165, 1.54) is 48.7 Å². The van der Waals surface area contributed by atoms with Crippen molar-refractivity contribution in [2.45, 2.75) is 13.3 Å². The summed E-state index contributed by atoms with van der Waals surface area (Å²) < 4.78 is 5.37. The van der Waals surface area contributed by atoms with Gasteiger partial charge in [-0.05, 0) is 18.6 Å².